The van der Waals surface area contributed by atoms with Crippen LogP contribution in [0, 0.1) is 5.92 Å². The van der Waals surface area contributed by atoms with Crippen molar-refractivity contribution in [1.82, 2.24) is 5.32 Å². The highest BCUT2D eigenvalue weighted by Crippen LogP contribution is 1.93. The van der Waals surface area contributed by atoms with Crippen molar-refractivity contribution in [3.05, 3.63) is 0 Å². The summed E-state index contributed by atoms with van der Waals surface area (Å²) in [4.78, 5) is 0. The van der Waals surface area contributed by atoms with E-state index < -0.39 is 0 Å². The van der Waals surface area contributed by atoms with E-state index in [2.05, 4.69) is 24.3 Å². The van der Waals surface area contributed by atoms with Gasteiger partial charge in [-0.15, -0.1) is 0 Å². The quantitative estimate of drug-likeness (QED) is 0.173. The van der Waals surface area contributed by atoms with Gasteiger partial charge in [-0.25, -0.2) is 0 Å². The van der Waals surface area contributed by atoms with E-state index in [0.29, 0.717) is 18.2 Å². The standard InChI is InChI=1S/C11H25N3O2/c1-10(2)9-16-8-4-7-13-6-3-5-11(12)14-15/h10,13,15H,3-9H2,1-2H3,(H2,12,14). The lowest BCUT2D eigenvalue weighted by Gasteiger charge is -2.07. The monoisotopic (exact) mass is 231 g/mol. The van der Waals surface area contributed by atoms with Gasteiger partial charge in [0.2, 0.25) is 0 Å². The number of ether oxygens (including phenoxy) is 1. The Kier molecular flexibility index (Phi) is 10.2. The molecule has 0 aromatic carbocycles. The number of nitrogens with two attached hydrogens (primary N) is 1. The summed E-state index contributed by atoms with van der Waals surface area (Å²) < 4.78 is 5.45. The SMILES string of the molecule is CC(C)COCCCNCCCC(N)=NO. The van der Waals surface area contributed by atoms with Gasteiger partial charge < -0.3 is 21.0 Å². The van der Waals surface area contributed by atoms with Gasteiger partial charge in [-0.2, -0.15) is 0 Å². The average molecular weight is 231 g/mol. The van der Waals surface area contributed by atoms with Crippen molar-refractivity contribution in [3.63, 3.8) is 0 Å². The zero-order chi connectivity index (χ0) is 12.2. The summed E-state index contributed by atoms with van der Waals surface area (Å²) in [7, 11) is 0. The predicted molar refractivity (Wildman–Crippen MR) is 65.8 cm³/mol. The van der Waals surface area contributed by atoms with Crippen LogP contribution in [0.15, 0.2) is 5.16 Å². The van der Waals surface area contributed by atoms with Crippen LogP contribution in [0.4, 0.5) is 0 Å². The van der Waals surface area contributed by atoms with E-state index in [1.807, 2.05) is 0 Å². The number of hydrogen-bond donors (Lipinski definition) is 3. The molecule has 0 aliphatic rings. The first kappa shape index (κ1) is 15.2. The lowest BCUT2D eigenvalue weighted by molar-refractivity contribution is 0.108. The van der Waals surface area contributed by atoms with Gasteiger partial charge in [-0.1, -0.05) is 19.0 Å². The molecule has 0 radical (unpaired) electrons. The van der Waals surface area contributed by atoms with E-state index in [4.69, 9.17) is 15.7 Å². The Hall–Kier alpha value is -0.810. The molecule has 0 fully saturated rings. The third-order valence-corrected chi connectivity index (χ3v) is 2.01. The number of hydrogen-bond acceptors (Lipinski definition) is 4. The van der Waals surface area contributed by atoms with Gasteiger partial charge in [0.25, 0.3) is 0 Å². The van der Waals surface area contributed by atoms with Crippen LogP contribution in [0.1, 0.15) is 33.1 Å². The van der Waals surface area contributed by atoms with Crippen LogP contribution in [0.3, 0.4) is 0 Å². The third kappa shape index (κ3) is 11.3. The molecule has 0 aromatic heterocycles. The topological polar surface area (TPSA) is 79.9 Å². The van der Waals surface area contributed by atoms with E-state index >= 15 is 0 Å². The second kappa shape index (κ2) is 10.7. The van der Waals surface area contributed by atoms with Crippen LogP contribution in [0.2, 0.25) is 0 Å². The van der Waals surface area contributed by atoms with Crippen LogP contribution in [-0.2, 0) is 4.74 Å². The fourth-order valence-electron chi connectivity index (χ4n) is 1.19. The Morgan fingerprint density at radius 1 is 1.38 bits per heavy atom. The second-order valence-corrected chi connectivity index (χ2v) is 4.27. The molecule has 0 bridgehead atoms. The molecule has 0 rings (SSSR count). The van der Waals surface area contributed by atoms with Crippen molar-refractivity contribution in [3.8, 4) is 0 Å². The number of oxime groups is 1. The zero-order valence-corrected chi connectivity index (χ0v) is 10.4. The Morgan fingerprint density at radius 2 is 2.06 bits per heavy atom. The molecule has 0 unspecified atom stereocenters. The smallest absolute Gasteiger partial charge is 0.139 e. The Labute approximate surface area is 98.0 Å². The fraction of sp³-hybridized carbons (Fsp3) is 0.909. The van der Waals surface area contributed by atoms with Gasteiger partial charge in [0, 0.05) is 19.6 Å². The van der Waals surface area contributed by atoms with Crippen LogP contribution in [0.5, 0.6) is 0 Å². The van der Waals surface area contributed by atoms with E-state index in [0.717, 1.165) is 39.1 Å². The van der Waals surface area contributed by atoms with E-state index in [1.54, 1.807) is 0 Å². The maximum absolute atomic E-state index is 8.31. The summed E-state index contributed by atoms with van der Waals surface area (Å²) >= 11 is 0. The lowest BCUT2D eigenvalue weighted by atomic mass is 10.2. The highest BCUT2D eigenvalue weighted by molar-refractivity contribution is 5.79. The van der Waals surface area contributed by atoms with Gasteiger partial charge in [-0.3, -0.25) is 0 Å². The molecule has 0 heterocycles. The minimum absolute atomic E-state index is 0.294. The van der Waals surface area contributed by atoms with Gasteiger partial charge >= 0.3 is 0 Å². The van der Waals surface area contributed by atoms with Gasteiger partial charge in [0.05, 0.1) is 0 Å². The van der Waals surface area contributed by atoms with Crippen molar-refractivity contribution in [2.75, 3.05) is 26.3 Å². The minimum Gasteiger partial charge on any atom is -0.409 e. The van der Waals surface area contributed by atoms with Crippen molar-refractivity contribution in [1.29, 1.82) is 0 Å². The molecule has 0 aromatic rings. The minimum atomic E-state index is 0.294. The van der Waals surface area contributed by atoms with Crippen molar-refractivity contribution >= 4 is 5.84 Å². The number of amidine groups is 1. The molecule has 16 heavy (non-hydrogen) atoms. The lowest BCUT2D eigenvalue weighted by Crippen LogP contribution is -2.20. The normalized spacial score (nSPS) is 12.3. The molecule has 5 heteroatoms. The second-order valence-electron chi connectivity index (χ2n) is 4.27. The van der Waals surface area contributed by atoms with Crippen molar-refractivity contribution < 1.29 is 9.94 Å². The summed E-state index contributed by atoms with van der Waals surface area (Å²) in [6.45, 7) is 7.78. The molecule has 0 amide bonds. The number of nitrogens with zero attached hydrogens (tertiary/aromatic N) is 1. The molecule has 4 N–H and O–H groups in total. The van der Waals surface area contributed by atoms with Crippen LogP contribution >= 0.6 is 0 Å². The average Bonchev–Trinajstić information content (AvgIpc) is 2.26. The first-order valence-electron chi connectivity index (χ1n) is 5.91. The summed E-state index contributed by atoms with van der Waals surface area (Å²) in [6.07, 6.45) is 2.55. The molecule has 0 spiro atoms. The molecule has 96 valence electrons. The number of nitrogens with one attached hydrogen (secondary N) is 1. The first-order valence-corrected chi connectivity index (χ1v) is 5.91. The van der Waals surface area contributed by atoms with Crippen molar-refractivity contribution in [2.24, 2.45) is 16.8 Å². The highest BCUT2D eigenvalue weighted by atomic mass is 16.5. The van der Waals surface area contributed by atoms with E-state index in [9.17, 15) is 0 Å². The molecule has 0 aliphatic heterocycles. The summed E-state index contributed by atoms with van der Waals surface area (Å²) in [6, 6.07) is 0. The maximum atomic E-state index is 8.31. The molecule has 5 nitrogen and oxygen atoms in total. The summed E-state index contributed by atoms with van der Waals surface area (Å²) in [5.74, 6) is 0.899. The Bertz CT molecular complexity index is 184. The van der Waals surface area contributed by atoms with Gasteiger partial charge in [-0.05, 0) is 31.8 Å². The molecular formula is C11H25N3O2. The fourth-order valence-corrected chi connectivity index (χ4v) is 1.19. The van der Waals surface area contributed by atoms with Crippen LogP contribution in [-0.4, -0.2) is 37.3 Å². The predicted octanol–water partition coefficient (Wildman–Crippen LogP) is 1.17. The Balaban J connectivity index is 3.04. The van der Waals surface area contributed by atoms with E-state index in [1.165, 1.54) is 0 Å². The van der Waals surface area contributed by atoms with Gasteiger partial charge in [0.15, 0.2) is 0 Å². The third-order valence-electron chi connectivity index (χ3n) is 2.01. The zero-order valence-electron chi connectivity index (χ0n) is 10.4. The largest absolute Gasteiger partial charge is 0.409 e. The molecule has 0 aliphatic carbocycles. The Morgan fingerprint density at radius 3 is 2.69 bits per heavy atom. The maximum Gasteiger partial charge on any atom is 0.139 e. The van der Waals surface area contributed by atoms with Crippen molar-refractivity contribution in [2.45, 2.75) is 33.1 Å². The number of rotatable bonds is 10. The molecular weight excluding hydrogens is 206 g/mol. The van der Waals surface area contributed by atoms with Crippen LogP contribution in [0.25, 0.3) is 0 Å². The molecule has 0 saturated carbocycles. The molecule has 0 saturated heterocycles. The summed E-state index contributed by atoms with van der Waals surface area (Å²) in [5.41, 5.74) is 5.33. The highest BCUT2D eigenvalue weighted by Gasteiger charge is 1.95. The molecule has 0 atom stereocenters. The van der Waals surface area contributed by atoms with E-state index in [-0.39, 0.29) is 0 Å². The van der Waals surface area contributed by atoms with Crippen LogP contribution < -0.4 is 11.1 Å². The van der Waals surface area contributed by atoms with Gasteiger partial charge in [0.1, 0.15) is 5.84 Å². The first-order chi connectivity index (χ1) is 7.66. The summed E-state index contributed by atoms with van der Waals surface area (Å²) in [5, 5.41) is 14.5.